The first-order chi connectivity index (χ1) is 10.0. The highest BCUT2D eigenvalue weighted by molar-refractivity contribution is 9.10. The highest BCUT2D eigenvalue weighted by Crippen LogP contribution is 2.33. The lowest BCUT2D eigenvalue weighted by atomic mass is 10.0. The topological polar surface area (TPSA) is 29.3 Å². The second-order valence-corrected chi connectivity index (χ2v) is 7.46. The van der Waals surface area contributed by atoms with Crippen molar-refractivity contribution in [1.29, 1.82) is 0 Å². The van der Waals surface area contributed by atoms with Crippen LogP contribution in [-0.2, 0) is 6.54 Å². The minimum absolute atomic E-state index is 0.100. The van der Waals surface area contributed by atoms with E-state index in [1.165, 1.54) is 4.88 Å². The molecule has 2 nitrogen and oxygen atoms in total. The van der Waals surface area contributed by atoms with Gasteiger partial charge in [-0.2, -0.15) is 0 Å². The molecule has 0 radical (unpaired) electrons. The highest BCUT2D eigenvalue weighted by Gasteiger charge is 2.25. The maximum absolute atomic E-state index is 6.37. The first-order valence-corrected chi connectivity index (χ1v) is 9.01. The lowest BCUT2D eigenvalue weighted by molar-refractivity contribution is 0.205. The zero-order valence-corrected chi connectivity index (χ0v) is 15.4. The van der Waals surface area contributed by atoms with Crippen molar-refractivity contribution in [2.45, 2.75) is 32.0 Å². The minimum Gasteiger partial charge on any atom is -0.326 e. The van der Waals surface area contributed by atoms with Gasteiger partial charge in [0.2, 0.25) is 0 Å². The van der Waals surface area contributed by atoms with Crippen molar-refractivity contribution < 1.29 is 0 Å². The van der Waals surface area contributed by atoms with E-state index in [9.17, 15) is 0 Å². The molecule has 0 aliphatic rings. The van der Waals surface area contributed by atoms with Crippen molar-refractivity contribution in [1.82, 2.24) is 4.90 Å². The number of likely N-dealkylation sites (N-methyl/N-ethyl adjacent to an activating group) is 1. The number of rotatable bonds is 6. The second-order valence-electron chi connectivity index (χ2n) is 5.19. The monoisotopic (exact) mass is 386 g/mol. The highest BCUT2D eigenvalue weighted by atomic mass is 79.9. The Hall–Kier alpha value is -0.390. The molecule has 0 bridgehead atoms. The molecule has 2 aromatic rings. The summed E-state index contributed by atoms with van der Waals surface area (Å²) in [5.74, 6) is 0. The number of benzene rings is 1. The van der Waals surface area contributed by atoms with Crippen molar-refractivity contribution >= 4 is 38.9 Å². The van der Waals surface area contributed by atoms with Crippen LogP contribution in [0.2, 0.25) is 5.02 Å². The molecule has 2 unspecified atom stereocenters. The number of nitrogens with zero attached hydrogens (tertiary/aromatic N) is 1. The van der Waals surface area contributed by atoms with Crippen LogP contribution in [0.4, 0.5) is 0 Å². The average molecular weight is 388 g/mol. The van der Waals surface area contributed by atoms with Gasteiger partial charge in [-0.15, -0.1) is 11.3 Å². The molecule has 0 aliphatic heterocycles. The molecule has 2 N–H and O–H groups in total. The van der Waals surface area contributed by atoms with Gasteiger partial charge in [-0.25, -0.2) is 0 Å². The van der Waals surface area contributed by atoms with Crippen molar-refractivity contribution in [3.63, 3.8) is 0 Å². The van der Waals surface area contributed by atoms with Crippen molar-refractivity contribution in [3.8, 4) is 0 Å². The zero-order valence-electron chi connectivity index (χ0n) is 12.2. The Labute approximate surface area is 144 Å². The maximum atomic E-state index is 6.37. The predicted octanol–water partition coefficient (Wildman–Crippen LogP) is 5.07. The molecule has 2 rings (SSSR count). The van der Waals surface area contributed by atoms with Gasteiger partial charge in [0.15, 0.2) is 0 Å². The predicted molar refractivity (Wildman–Crippen MR) is 95.9 cm³/mol. The normalized spacial score (nSPS) is 14.4. The summed E-state index contributed by atoms with van der Waals surface area (Å²) in [7, 11) is 2.11. The van der Waals surface area contributed by atoms with Crippen LogP contribution in [0.3, 0.4) is 0 Å². The summed E-state index contributed by atoms with van der Waals surface area (Å²) in [6.07, 6.45) is 0.938. The van der Waals surface area contributed by atoms with E-state index in [4.69, 9.17) is 17.3 Å². The lowest BCUT2D eigenvalue weighted by Crippen LogP contribution is -2.38. The summed E-state index contributed by atoms with van der Waals surface area (Å²) in [6, 6.07) is 10.4. The number of hydrogen-bond acceptors (Lipinski definition) is 3. The van der Waals surface area contributed by atoms with Crippen LogP contribution in [0.15, 0.2) is 40.2 Å². The minimum atomic E-state index is 0.100. The largest absolute Gasteiger partial charge is 0.326 e. The fourth-order valence-corrected chi connectivity index (χ4v) is 4.34. The van der Waals surface area contributed by atoms with Gasteiger partial charge in [-0.1, -0.05) is 36.7 Å². The molecule has 0 fully saturated rings. The van der Waals surface area contributed by atoms with Crippen LogP contribution >= 0.6 is 38.9 Å². The molecule has 21 heavy (non-hydrogen) atoms. The van der Waals surface area contributed by atoms with Gasteiger partial charge in [0.25, 0.3) is 0 Å². The molecule has 0 saturated heterocycles. The van der Waals surface area contributed by atoms with Gasteiger partial charge in [0.1, 0.15) is 0 Å². The Balaban J connectivity index is 2.22. The van der Waals surface area contributed by atoms with Crippen molar-refractivity contribution in [2.24, 2.45) is 5.73 Å². The molecule has 5 heteroatoms. The molecule has 0 spiro atoms. The third-order valence-electron chi connectivity index (χ3n) is 3.61. The Morgan fingerprint density at radius 1 is 1.38 bits per heavy atom. The number of halogens is 2. The Bertz CT molecular complexity index is 587. The van der Waals surface area contributed by atoms with Gasteiger partial charge < -0.3 is 5.73 Å². The van der Waals surface area contributed by atoms with Crippen molar-refractivity contribution in [3.05, 3.63) is 55.6 Å². The molecular weight excluding hydrogens is 368 g/mol. The molecule has 0 amide bonds. The number of thiophene rings is 1. The second kappa shape index (κ2) is 7.75. The quantitative estimate of drug-likeness (QED) is 0.749. The van der Waals surface area contributed by atoms with Gasteiger partial charge >= 0.3 is 0 Å². The summed E-state index contributed by atoms with van der Waals surface area (Å²) >= 11 is 11.5. The number of nitrogens with two attached hydrogens (primary N) is 1. The Kier molecular flexibility index (Phi) is 6.26. The molecule has 114 valence electrons. The lowest BCUT2D eigenvalue weighted by Gasteiger charge is -2.32. The molecule has 0 saturated carbocycles. The third kappa shape index (κ3) is 4.30. The van der Waals surface area contributed by atoms with Crippen LogP contribution in [0.1, 0.15) is 29.8 Å². The molecule has 1 aromatic heterocycles. The van der Waals surface area contributed by atoms with E-state index >= 15 is 0 Å². The van der Waals surface area contributed by atoms with Crippen molar-refractivity contribution in [2.75, 3.05) is 7.05 Å². The van der Waals surface area contributed by atoms with Crippen LogP contribution < -0.4 is 5.73 Å². The molecule has 0 aliphatic carbocycles. The molecular formula is C16H20BrClN2S. The SMILES string of the molecule is CCC(N)C(c1cc(Br)cs1)N(C)Cc1ccccc1Cl. The maximum Gasteiger partial charge on any atom is 0.0594 e. The fourth-order valence-electron chi connectivity index (χ4n) is 2.46. The van der Waals surface area contributed by atoms with E-state index in [1.807, 2.05) is 18.2 Å². The van der Waals surface area contributed by atoms with Crippen LogP contribution in [0, 0.1) is 0 Å². The number of hydrogen-bond donors (Lipinski definition) is 1. The molecule has 2 atom stereocenters. The van der Waals surface area contributed by atoms with Crippen LogP contribution in [0.25, 0.3) is 0 Å². The smallest absolute Gasteiger partial charge is 0.0594 e. The summed E-state index contributed by atoms with van der Waals surface area (Å²) in [5, 5.41) is 2.91. The van der Waals surface area contributed by atoms with Crippen LogP contribution in [-0.4, -0.2) is 18.0 Å². The molecule has 1 aromatic carbocycles. The first kappa shape index (κ1) is 17.0. The molecule has 1 heterocycles. The van der Waals surface area contributed by atoms with Gasteiger partial charge in [0.05, 0.1) is 6.04 Å². The van der Waals surface area contributed by atoms with E-state index in [1.54, 1.807) is 11.3 Å². The first-order valence-electron chi connectivity index (χ1n) is 6.96. The van der Waals surface area contributed by atoms with Gasteiger partial charge in [0, 0.05) is 32.3 Å². The van der Waals surface area contributed by atoms with E-state index in [0.717, 1.165) is 28.0 Å². The summed E-state index contributed by atoms with van der Waals surface area (Å²) in [5.41, 5.74) is 7.50. The van der Waals surface area contributed by atoms with Gasteiger partial charge in [-0.05, 0) is 47.1 Å². The van der Waals surface area contributed by atoms with E-state index in [2.05, 4.69) is 52.3 Å². The zero-order chi connectivity index (χ0) is 15.4. The average Bonchev–Trinajstić information content (AvgIpc) is 2.87. The Morgan fingerprint density at radius 2 is 2.10 bits per heavy atom. The fraction of sp³-hybridized carbons (Fsp3) is 0.375. The standard InChI is InChI=1S/C16H20BrClN2S/c1-3-14(19)16(15-8-12(17)10-21-15)20(2)9-11-6-4-5-7-13(11)18/h4-8,10,14,16H,3,9,19H2,1-2H3. The van der Waals surface area contributed by atoms with E-state index < -0.39 is 0 Å². The van der Waals surface area contributed by atoms with Crippen LogP contribution in [0.5, 0.6) is 0 Å². The van der Waals surface area contributed by atoms with E-state index in [-0.39, 0.29) is 12.1 Å². The Morgan fingerprint density at radius 3 is 2.67 bits per heavy atom. The summed E-state index contributed by atoms with van der Waals surface area (Å²) in [4.78, 5) is 3.57. The third-order valence-corrected chi connectivity index (χ3v) is 5.74. The summed E-state index contributed by atoms with van der Waals surface area (Å²) < 4.78 is 1.11. The van der Waals surface area contributed by atoms with Gasteiger partial charge in [-0.3, -0.25) is 4.90 Å². The van der Waals surface area contributed by atoms with E-state index in [0.29, 0.717) is 0 Å². The summed E-state index contributed by atoms with van der Waals surface area (Å²) in [6.45, 7) is 2.91.